The monoisotopic (exact) mass is 375 g/mol. The van der Waals surface area contributed by atoms with E-state index in [-0.39, 0.29) is 6.10 Å². The number of hydroxylamine groups is 2. The molecule has 1 aliphatic heterocycles. The third-order valence-electron chi connectivity index (χ3n) is 3.78. The minimum absolute atomic E-state index is 0.0420. The van der Waals surface area contributed by atoms with Crippen LogP contribution in [0, 0.1) is 6.92 Å². The minimum atomic E-state index is -0.890. The van der Waals surface area contributed by atoms with Crippen LogP contribution in [0.15, 0.2) is 6.07 Å². The third kappa shape index (κ3) is 3.68. The van der Waals surface area contributed by atoms with Crippen LogP contribution in [0.2, 0.25) is 5.02 Å². The number of amides is 3. The van der Waals surface area contributed by atoms with Crippen LogP contribution < -0.4 is 15.2 Å². The summed E-state index contributed by atoms with van der Waals surface area (Å²) in [5.41, 5.74) is 4.26. The number of ether oxygens (including phenoxy) is 1. The second-order valence-corrected chi connectivity index (χ2v) is 6.19. The van der Waals surface area contributed by atoms with Crippen molar-refractivity contribution in [2.24, 2.45) is 0 Å². The highest BCUT2D eigenvalue weighted by molar-refractivity contribution is 6.66. The number of aryl methyl sites for hydroxylation is 1. The fourth-order valence-electron chi connectivity index (χ4n) is 2.40. The number of carbonyl (C=O) groups is 2. The average Bonchev–Trinajstić information content (AvgIpc) is 2.54. The first kappa shape index (κ1) is 18.6. The van der Waals surface area contributed by atoms with E-state index in [2.05, 4.69) is 5.43 Å². The number of hydrazine groups is 1. The molecule has 24 heavy (non-hydrogen) atoms. The molecular weight excluding hydrogens is 357 g/mol. The lowest BCUT2D eigenvalue weighted by molar-refractivity contribution is -0.0647. The lowest BCUT2D eigenvalue weighted by atomic mass is 9.99. The van der Waals surface area contributed by atoms with E-state index in [4.69, 9.17) is 32.8 Å². The lowest BCUT2D eigenvalue weighted by Crippen LogP contribution is -2.49. The van der Waals surface area contributed by atoms with Gasteiger partial charge in [0.05, 0.1) is 18.2 Å². The van der Waals surface area contributed by atoms with E-state index in [0.29, 0.717) is 22.9 Å². The molecule has 1 aromatic carbocycles. The van der Waals surface area contributed by atoms with E-state index >= 15 is 0 Å². The first-order valence-corrected chi connectivity index (χ1v) is 8.08. The maximum atomic E-state index is 12.0. The molecule has 0 saturated heterocycles. The first-order chi connectivity index (χ1) is 11.3. The van der Waals surface area contributed by atoms with Crippen molar-refractivity contribution in [3.05, 3.63) is 22.2 Å². The molecule has 0 radical (unpaired) electrons. The number of rotatable bonds is 2. The Morgan fingerprint density at radius 1 is 1.46 bits per heavy atom. The molecule has 1 N–H and O–H groups in total. The van der Waals surface area contributed by atoms with Gasteiger partial charge >= 0.3 is 11.4 Å². The molecule has 0 saturated carbocycles. The SMILES string of the molecule is CON(C)C(=O)NN(C(=O)Cl)c1cc(C)c(Cl)c2c1OC(C)CC2. The van der Waals surface area contributed by atoms with Gasteiger partial charge in [0.1, 0.15) is 11.4 Å². The van der Waals surface area contributed by atoms with Gasteiger partial charge in [0.2, 0.25) is 0 Å². The molecule has 0 bridgehead atoms. The lowest BCUT2D eigenvalue weighted by Gasteiger charge is -2.31. The Morgan fingerprint density at radius 3 is 2.71 bits per heavy atom. The predicted octanol–water partition coefficient (Wildman–Crippen LogP) is 3.64. The summed E-state index contributed by atoms with van der Waals surface area (Å²) in [6, 6.07) is 0.976. The van der Waals surface area contributed by atoms with Crippen LogP contribution in [0.3, 0.4) is 0 Å². The number of fused-ring (bicyclic) bond motifs is 1. The van der Waals surface area contributed by atoms with Crippen molar-refractivity contribution in [1.29, 1.82) is 0 Å². The van der Waals surface area contributed by atoms with Crippen LogP contribution in [0.1, 0.15) is 24.5 Å². The molecule has 1 aromatic rings. The number of hydrogen-bond acceptors (Lipinski definition) is 4. The Morgan fingerprint density at radius 2 is 2.12 bits per heavy atom. The molecule has 2 rings (SSSR count). The molecule has 0 spiro atoms. The van der Waals surface area contributed by atoms with E-state index < -0.39 is 11.4 Å². The number of nitrogens with zero attached hydrogens (tertiary/aromatic N) is 2. The van der Waals surface area contributed by atoms with Crippen LogP contribution >= 0.6 is 23.2 Å². The summed E-state index contributed by atoms with van der Waals surface area (Å²) in [6.45, 7) is 3.73. The maximum Gasteiger partial charge on any atom is 0.360 e. The van der Waals surface area contributed by atoms with E-state index in [1.54, 1.807) is 6.07 Å². The molecule has 0 fully saturated rings. The Labute approximate surface area is 150 Å². The summed E-state index contributed by atoms with van der Waals surface area (Å²) >= 11 is 12.0. The molecular formula is C15H19Cl2N3O4. The summed E-state index contributed by atoms with van der Waals surface area (Å²) < 4.78 is 5.87. The number of halogens is 2. The zero-order valence-electron chi connectivity index (χ0n) is 13.9. The number of anilines is 1. The number of benzene rings is 1. The molecule has 9 heteroatoms. The van der Waals surface area contributed by atoms with E-state index in [1.165, 1.54) is 14.2 Å². The average molecular weight is 376 g/mol. The molecule has 0 aromatic heterocycles. The molecule has 3 amide bonds. The quantitative estimate of drug-likeness (QED) is 0.486. The maximum absolute atomic E-state index is 12.0. The topological polar surface area (TPSA) is 71.1 Å². The van der Waals surface area contributed by atoms with Crippen molar-refractivity contribution in [2.45, 2.75) is 32.8 Å². The van der Waals surface area contributed by atoms with Crippen molar-refractivity contribution in [1.82, 2.24) is 10.5 Å². The fraction of sp³-hybridized carbons (Fsp3) is 0.467. The zero-order valence-corrected chi connectivity index (χ0v) is 15.4. The third-order valence-corrected chi connectivity index (χ3v) is 4.47. The predicted molar refractivity (Wildman–Crippen MR) is 91.6 cm³/mol. The van der Waals surface area contributed by atoms with Gasteiger partial charge in [-0.15, -0.1) is 0 Å². The van der Waals surface area contributed by atoms with Crippen LogP contribution in [0.4, 0.5) is 15.3 Å². The van der Waals surface area contributed by atoms with Crippen LogP contribution in [0.25, 0.3) is 0 Å². The summed E-state index contributed by atoms with van der Waals surface area (Å²) in [7, 11) is 2.72. The number of urea groups is 1. The van der Waals surface area contributed by atoms with Gasteiger partial charge in [-0.25, -0.2) is 20.3 Å². The van der Waals surface area contributed by atoms with Gasteiger partial charge in [0.25, 0.3) is 0 Å². The highest BCUT2D eigenvalue weighted by Crippen LogP contribution is 2.43. The standard InChI is InChI=1S/C15H19Cl2N3O4/c1-8-7-11(13-10(12(8)16)6-5-9(2)24-13)20(14(17)21)18-15(22)19(3)23-4/h7,9H,5-6H2,1-4H3,(H,18,22). The molecule has 1 atom stereocenters. The molecule has 0 aliphatic carbocycles. The minimum Gasteiger partial charge on any atom is -0.488 e. The summed E-state index contributed by atoms with van der Waals surface area (Å²) in [5, 5.41) is 1.53. The summed E-state index contributed by atoms with van der Waals surface area (Å²) in [4.78, 5) is 28.7. The van der Waals surface area contributed by atoms with Crippen LogP contribution in [0.5, 0.6) is 5.75 Å². The second-order valence-electron chi connectivity index (χ2n) is 5.49. The van der Waals surface area contributed by atoms with Gasteiger partial charge in [-0.2, -0.15) is 0 Å². The highest BCUT2D eigenvalue weighted by atomic mass is 35.5. The van der Waals surface area contributed by atoms with Crippen LogP contribution in [-0.2, 0) is 11.3 Å². The second kappa shape index (κ2) is 7.46. The van der Waals surface area contributed by atoms with Gasteiger partial charge in [0, 0.05) is 12.6 Å². The van der Waals surface area contributed by atoms with Gasteiger partial charge in [-0.3, -0.25) is 9.63 Å². The zero-order chi connectivity index (χ0) is 18.0. The van der Waals surface area contributed by atoms with Gasteiger partial charge in [-0.05, 0) is 49.9 Å². The smallest absolute Gasteiger partial charge is 0.360 e. The normalized spacial score (nSPS) is 16.0. The Hall–Kier alpha value is -1.70. The Balaban J connectivity index is 2.49. The molecule has 1 aliphatic rings. The van der Waals surface area contributed by atoms with Gasteiger partial charge < -0.3 is 4.74 Å². The van der Waals surface area contributed by atoms with Gasteiger partial charge in [-0.1, -0.05) is 11.6 Å². The van der Waals surface area contributed by atoms with Crippen molar-refractivity contribution in [2.75, 3.05) is 19.2 Å². The molecule has 7 nitrogen and oxygen atoms in total. The first-order valence-electron chi connectivity index (χ1n) is 7.33. The van der Waals surface area contributed by atoms with E-state index in [1.807, 2.05) is 13.8 Å². The van der Waals surface area contributed by atoms with E-state index in [0.717, 1.165) is 27.6 Å². The number of nitrogens with one attached hydrogen (secondary N) is 1. The van der Waals surface area contributed by atoms with Gasteiger partial charge in [0.15, 0.2) is 0 Å². The fourth-order valence-corrected chi connectivity index (χ4v) is 2.77. The Bertz CT molecular complexity index is 669. The molecule has 132 valence electrons. The highest BCUT2D eigenvalue weighted by Gasteiger charge is 2.29. The summed E-state index contributed by atoms with van der Waals surface area (Å²) in [5.74, 6) is 0.443. The van der Waals surface area contributed by atoms with Crippen molar-refractivity contribution >= 4 is 40.3 Å². The molecule has 1 unspecified atom stereocenters. The largest absolute Gasteiger partial charge is 0.488 e. The van der Waals surface area contributed by atoms with E-state index in [9.17, 15) is 9.59 Å². The number of hydrogen-bond donors (Lipinski definition) is 1. The number of carbonyl (C=O) groups excluding carboxylic acids is 2. The Kier molecular flexibility index (Phi) is 5.79. The van der Waals surface area contributed by atoms with Crippen molar-refractivity contribution in [3.63, 3.8) is 0 Å². The summed E-state index contributed by atoms with van der Waals surface area (Å²) in [6.07, 6.45) is 1.48. The van der Waals surface area contributed by atoms with Crippen LogP contribution in [-0.4, -0.2) is 36.7 Å². The van der Waals surface area contributed by atoms with Crippen molar-refractivity contribution < 1.29 is 19.2 Å². The van der Waals surface area contributed by atoms with Crippen molar-refractivity contribution in [3.8, 4) is 5.75 Å². The molecule has 1 heterocycles.